The van der Waals surface area contributed by atoms with Gasteiger partial charge < -0.3 is 15.5 Å². The highest BCUT2D eigenvalue weighted by Crippen LogP contribution is 2.19. The molecule has 1 saturated heterocycles. The van der Waals surface area contributed by atoms with Crippen molar-refractivity contribution in [2.45, 2.75) is 58.9 Å². The molecular formula is C16H33N3O. The van der Waals surface area contributed by atoms with Crippen molar-refractivity contribution in [1.29, 1.82) is 0 Å². The van der Waals surface area contributed by atoms with Gasteiger partial charge in [0.25, 0.3) is 0 Å². The summed E-state index contributed by atoms with van der Waals surface area (Å²) in [7, 11) is 0. The molecule has 0 saturated carbocycles. The van der Waals surface area contributed by atoms with Crippen LogP contribution in [0.25, 0.3) is 0 Å². The summed E-state index contributed by atoms with van der Waals surface area (Å²) in [5.41, 5.74) is 5.99. The predicted molar refractivity (Wildman–Crippen MR) is 84.6 cm³/mol. The lowest BCUT2D eigenvalue weighted by Gasteiger charge is -2.35. The fraction of sp³-hybridized carbons (Fsp3) is 0.938. The summed E-state index contributed by atoms with van der Waals surface area (Å²) in [5, 5.41) is 0. The van der Waals surface area contributed by atoms with Gasteiger partial charge in [0.15, 0.2) is 0 Å². The highest BCUT2D eigenvalue weighted by Gasteiger charge is 2.26. The number of hydrogen-bond acceptors (Lipinski definition) is 3. The van der Waals surface area contributed by atoms with E-state index in [0.29, 0.717) is 0 Å². The lowest BCUT2D eigenvalue weighted by Crippen LogP contribution is -2.48. The molecule has 1 heterocycles. The van der Waals surface area contributed by atoms with Gasteiger partial charge in [0.2, 0.25) is 5.91 Å². The molecule has 0 aromatic heterocycles. The van der Waals surface area contributed by atoms with Crippen LogP contribution in [0.15, 0.2) is 0 Å². The third-order valence-corrected chi connectivity index (χ3v) is 4.52. The second-order valence-corrected chi connectivity index (χ2v) is 6.00. The van der Waals surface area contributed by atoms with Crippen molar-refractivity contribution < 1.29 is 4.79 Å². The number of nitrogens with two attached hydrogens (primary N) is 1. The molecule has 2 N–H and O–H groups in total. The van der Waals surface area contributed by atoms with Crippen LogP contribution < -0.4 is 5.73 Å². The summed E-state index contributed by atoms with van der Waals surface area (Å²) in [6.07, 6.45) is 5.23. The van der Waals surface area contributed by atoms with E-state index >= 15 is 0 Å². The fourth-order valence-electron chi connectivity index (χ4n) is 2.96. The van der Waals surface area contributed by atoms with Crippen LogP contribution in [0.2, 0.25) is 0 Å². The van der Waals surface area contributed by atoms with E-state index in [-0.39, 0.29) is 11.9 Å². The average molecular weight is 283 g/mol. The van der Waals surface area contributed by atoms with Gasteiger partial charge >= 0.3 is 0 Å². The number of carbonyl (C=O) groups excluding carboxylic acids is 1. The Morgan fingerprint density at radius 3 is 2.35 bits per heavy atom. The molecule has 4 heteroatoms. The third kappa shape index (κ3) is 5.41. The normalized spacial score (nSPS) is 18.6. The molecule has 0 bridgehead atoms. The largest absolute Gasteiger partial charge is 0.341 e. The van der Waals surface area contributed by atoms with Crippen molar-refractivity contribution in [3.63, 3.8) is 0 Å². The molecule has 20 heavy (non-hydrogen) atoms. The SMILES string of the molecule is CCCCC(N)C(=O)N1CCC(CN(CC)CC)CC1. The van der Waals surface area contributed by atoms with Crippen molar-refractivity contribution in [3.05, 3.63) is 0 Å². The number of rotatable bonds is 8. The van der Waals surface area contributed by atoms with Crippen molar-refractivity contribution >= 4 is 5.91 Å². The lowest BCUT2D eigenvalue weighted by molar-refractivity contribution is -0.134. The summed E-state index contributed by atoms with van der Waals surface area (Å²) in [6, 6.07) is -0.283. The van der Waals surface area contributed by atoms with Gasteiger partial charge in [-0.1, -0.05) is 33.6 Å². The average Bonchev–Trinajstić information content (AvgIpc) is 2.50. The third-order valence-electron chi connectivity index (χ3n) is 4.52. The van der Waals surface area contributed by atoms with Crippen LogP contribution in [-0.4, -0.2) is 54.5 Å². The Morgan fingerprint density at radius 1 is 1.25 bits per heavy atom. The zero-order valence-electron chi connectivity index (χ0n) is 13.6. The van der Waals surface area contributed by atoms with Gasteiger partial charge in [0.05, 0.1) is 6.04 Å². The number of amides is 1. The molecule has 118 valence electrons. The van der Waals surface area contributed by atoms with Gasteiger partial charge in [-0.25, -0.2) is 0 Å². The lowest BCUT2D eigenvalue weighted by atomic mass is 9.95. The van der Waals surface area contributed by atoms with Crippen LogP contribution in [0.1, 0.15) is 52.9 Å². The molecule has 0 aromatic rings. The number of unbranched alkanes of at least 4 members (excludes halogenated alkanes) is 1. The van der Waals surface area contributed by atoms with Crippen molar-refractivity contribution in [1.82, 2.24) is 9.80 Å². The first kappa shape index (κ1) is 17.4. The molecular weight excluding hydrogens is 250 g/mol. The first-order valence-corrected chi connectivity index (χ1v) is 8.39. The van der Waals surface area contributed by atoms with Crippen LogP contribution in [0, 0.1) is 5.92 Å². The standard InChI is InChI=1S/C16H33N3O/c1-4-7-8-15(17)16(20)19-11-9-14(10-12-19)13-18(5-2)6-3/h14-15H,4-13,17H2,1-3H3. The van der Waals surface area contributed by atoms with E-state index < -0.39 is 0 Å². The minimum atomic E-state index is -0.283. The van der Waals surface area contributed by atoms with E-state index in [0.717, 1.165) is 64.2 Å². The Balaban J connectivity index is 2.32. The van der Waals surface area contributed by atoms with Crippen LogP contribution in [0.4, 0.5) is 0 Å². The van der Waals surface area contributed by atoms with E-state index in [1.165, 1.54) is 6.54 Å². The molecule has 0 aromatic carbocycles. The number of likely N-dealkylation sites (tertiary alicyclic amines) is 1. The molecule has 1 aliphatic heterocycles. The molecule has 1 aliphatic rings. The van der Waals surface area contributed by atoms with Gasteiger partial charge in [-0.3, -0.25) is 4.79 Å². The van der Waals surface area contributed by atoms with Gasteiger partial charge in [-0.2, -0.15) is 0 Å². The molecule has 4 nitrogen and oxygen atoms in total. The van der Waals surface area contributed by atoms with Crippen LogP contribution in [0.5, 0.6) is 0 Å². The Morgan fingerprint density at radius 2 is 1.85 bits per heavy atom. The Hall–Kier alpha value is -0.610. The second-order valence-electron chi connectivity index (χ2n) is 6.00. The van der Waals surface area contributed by atoms with Gasteiger partial charge in [-0.05, 0) is 38.3 Å². The topological polar surface area (TPSA) is 49.6 Å². The number of hydrogen-bond donors (Lipinski definition) is 1. The van der Waals surface area contributed by atoms with Crippen molar-refractivity contribution in [2.24, 2.45) is 11.7 Å². The maximum absolute atomic E-state index is 12.2. The quantitative estimate of drug-likeness (QED) is 0.742. The van der Waals surface area contributed by atoms with Gasteiger partial charge in [0.1, 0.15) is 0 Å². The zero-order valence-corrected chi connectivity index (χ0v) is 13.6. The Kier molecular flexibility index (Phi) is 8.15. The molecule has 1 fully saturated rings. The van der Waals surface area contributed by atoms with Crippen LogP contribution >= 0.6 is 0 Å². The summed E-state index contributed by atoms with van der Waals surface area (Å²) in [4.78, 5) is 16.7. The fourth-order valence-corrected chi connectivity index (χ4v) is 2.96. The number of piperidine rings is 1. The monoisotopic (exact) mass is 283 g/mol. The van der Waals surface area contributed by atoms with Crippen LogP contribution in [-0.2, 0) is 4.79 Å². The maximum Gasteiger partial charge on any atom is 0.239 e. The second kappa shape index (κ2) is 9.35. The van der Waals surface area contributed by atoms with E-state index in [1.54, 1.807) is 0 Å². The zero-order chi connectivity index (χ0) is 15.0. The predicted octanol–water partition coefficient (Wildman–Crippen LogP) is 2.08. The highest BCUT2D eigenvalue weighted by atomic mass is 16.2. The van der Waals surface area contributed by atoms with E-state index in [1.807, 2.05) is 4.90 Å². The van der Waals surface area contributed by atoms with Crippen LogP contribution in [0.3, 0.4) is 0 Å². The summed E-state index contributed by atoms with van der Waals surface area (Å²) in [5.74, 6) is 0.908. The summed E-state index contributed by atoms with van der Waals surface area (Å²) < 4.78 is 0. The smallest absolute Gasteiger partial charge is 0.239 e. The van der Waals surface area contributed by atoms with Gasteiger partial charge in [-0.15, -0.1) is 0 Å². The molecule has 1 amide bonds. The number of nitrogens with zero attached hydrogens (tertiary/aromatic N) is 2. The molecule has 0 spiro atoms. The van der Waals surface area contributed by atoms with E-state index in [4.69, 9.17) is 5.73 Å². The summed E-state index contributed by atoms with van der Waals surface area (Å²) >= 11 is 0. The van der Waals surface area contributed by atoms with Crippen molar-refractivity contribution in [2.75, 3.05) is 32.7 Å². The Labute approximate surface area is 124 Å². The van der Waals surface area contributed by atoms with E-state index in [9.17, 15) is 4.79 Å². The molecule has 0 radical (unpaired) electrons. The first-order chi connectivity index (χ1) is 9.62. The summed E-state index contributed by atoms with van der Waals surface area (Å²) in [6.45, 7) is 11.8. The highest BCUT2D eigenvalue weighted by molar-refractivity contribution is 5.81. The number of carbonyl (C=O) groups is 1. The minimum absolute atomic E-state index is 0.166. The van der Waals surface area contributed by atoms with E-state index in [2.05, 4.69) is 25.7 Å². The van der Waals surface area contributed by atoms with Gasteiger partial charge in [0, 0.05) is 19.6 Å². The molecule has 1 atom stereocenters. The molecule has 1 rings (SSSR count). The minimum Gasteiger partial charge on any atom is -0.341 e. The molecule has 0 aliphatic carbocycles. The maximum atomic E-state index is 12.2. The Bertz CT molecular complexity index is 271. The molecule has 1 unspecified atom stereocenters. The first-order valence-electron chi connectivity index (χ1n) is 8.39. The van der Waals surface area contributed by atoms with Crippen molar-refractivity contribution in [3.8, 4) is 0 Å².